The average molecular weight is 534 g/mol. The van der Waals surface area contributed by atoms with Crippen LogP contribution in [-0.2, 0) is 19.9 Å². The molecule has 1 heterocycles. The molecule has 2 aliphatic rings. The Morgan fingerprint density at radius 1 is 1.21 bits per heavy atom. The summed E-state index contributed by atoms with van der Waals surface area (Å²) in [5.74, 6) is -0.0753. The van der Waals surface area contributed by atoms with Crippen LogP contribution in [0.3, 0.4) is 0 Å². The van der Waals surface area contributed by atoms with Crippen molar-refractivity contribution in [3.63, 3.8) is 0 Å². The summed E-state index contributed by atoms with van der Waals surface area (Å²) in [7, 11) is 1.66. The Bertz CT molecular complexity index is 879. The number of likely N-dealkylation sites (tertiary alicyclic amines) is 1. The van der Waals surface area contributed by atoms with Gasteiger partial charge < -0.3 is 25.8 Å². The van der Waals surface area contributed by atoms with Crippen molar-refractivity contribution >= 4 is 11.8 Å². The number of amides is 2. The number of halogens is 1. The molecule has 214 valence electrons. The van der Waals surface area contributed by atoms with Gasteiger partial charge in [-0.2, -0.15) is 0 Å². The van der Waals surface area contributed by atoms with Crippen LogP contribution in [0.2, 0.25) is 0 Å². The highest BCUT2D eigenvalue weighted by atomic mass is 19.1. The van der Waals surface area contributed by atoms with Gasteiger partial charge in [0.2, 0.25) is 11.8 Å². The Hall–Kier alpha value is -2.03. The molecule has 0 aromatic heterocycles. The summed E-state index contributed by atoms with van der Waals surface area (Å²) in [6, 6.07) is 6.27. The normalized spacial score (nSPS) is 21.1. The highest BCUT2D eigenvalue weighted by molar-refractivity contribution is 5.77. The summed E-state index contributed by atoms with van der Waals surface area (Å²) in [5, 5.41) is 15.1. The number of carbonyl (C=O) groups is 2. The minimum Gasteiger partial charge on any atom is -0.385 e. The molecule has 0 unspecified atom stereocenters. The van der Waals surface area contributed by atoms with Gasteiger partial charge in [0.15, 0.2) is 0 Å². The number of nitrogens with two attached hydrogens (primary N) is 1. The first-order valence-electron chi connectivity index (χ1n) is 14.6. The van der Waals surface area contributed by atoms with Gasteiger partial charge in [-0.25, -0.2) is 4.39 Å². The van der Waals surface area contributed by atoms with Crippen molar-refractivity contribution in [3.05, 3.63) is 35.6 Å². The summed E-state index contributed by atoms with van der Waals surface area (Å²) < 4.78 is 19.4. The molecule has 8 heteroatoms. The minimum absolute atomic E-state index is 0.0948. The third-order valence-electron chi connectivity index (χ3n) is 8.52. The minimum atomic E-state index is -1.21. The first-order chi connectivity index (χ1) is 18.3. The first-order valence-corrected chi connectivity index (χ1v) is 14.6. The number of nitrogens with one attached hydrogen (secondary N) is 1. The van der Waals surface area contributed by atoms with E-state index in [1.165, 1.54) is 44.2 Å². The molecule has 2 fully saturated rings. The summed E-state index contributed by atoms with van der Waals surface area (Å²) in [6.45, 7) is 2.45. The predicted molar refractivity (Wildman–Crippen MR) is 147 cm³/mol. The van der Waals surface area contributed by atoms with Gasteiger partial charge in [-0.05, 0) is 74.6 Å². The van der Waals surface area contributed by atoms with Crippen molar-refractivity contribution in [2.75, 3.05) is 39.9 Å². The number of aliphatic hydroxyl groups is 1. The molecule has 1 aromatic carbocycles. The van der Waals surface area contributed by atoms with Gasteiger partial charge in [0.1, 0.15) is 5.82 Å². The van der Waals surface area contributed by atoms with Crippen LogP contribution in [0.4, 0.5) is 4.39 Å². The monoisotopic (exact) mass is 533 g/mol. The third kappa shape index (κ3) is 9.31. The summed E-state index contributed by atoms with van der Waals surface area (Å²) in [4.78, 5) is 26.7. The highest BCUT2D eigenvalue weighted by Gasteiger charge is 2.41. The van der Waals surface area contributed by atoms with E-state index in [2.05, 4.69) is 5.32 Å². The number of carbonyl (C=O) groups excluding carboxylic acids is 2. The average Bonchev–Trinajstić information content (AvgIpc) is 2.91. The third-order valence-corrected chi connectivity index (χ3v) is 8.52. The van der Waals surface area contributed by atoms with Crippen LogP contribution in [0.25, 0.3) is 0 Å². The maximum Gasteiger partial charge on any atom is 0.231 e. The maximum atomic E-state index is 14.2. The van der Waals surface area contributed by atoms with Gasteiger partial charge in [-0.3, -0.25) is 9.59 Å². The van der Waals surface area contributed by atoms with Crippen LogP contribution in [0.1, 0.15) is 82.6 Å². The van der Waals surface area contributed by atoms with E-state index in [1.54, 1.807) is 19.2 Å². The van der Waals surface area contributed by atoms with E-state index in [-0.39, 0.29) is 30.1 Å². The zero-order valence-electron chi connectivity index (χ0n) is 23.1. The smallest absolute Gasteiger partial charge is 0.231 e. The van der Waals surface area contributed by atoms with Crippen molar-refractivity contribution in [2.45, 2.75) is 82.7 Å². The van der Waals surface area contributed by atoms with E-state index in [4.69, 9.17) is 10.5 Å². The fraction of sp³-hybridized carbons (Fsp3) is 0.733. The standard InChI is InChI=1S/C30H48FN3O4/c1-38-16-6-5-14-30(37,25-11-7-13-27(31)19-25)26-12-8-15-34(22-26)29(36)18-24(20-33-21-28(32)35)17-23-9-3-2-4-10-23/h7,11,13,19,23-24,26,33,37H,2-6,8-10,12,14-18,20-22H2,1H3,(H2,32,35)/t24-,26-,30-/m1/s1. The lowest BCUT2D eigenvalue weighted by molar-refractivity contribution is -0.138. The summed E-state index contributed by atoms with van der Waals surface area (Å²) in [6.07, 6.45) is 11.2. The molecule has 38 heavy (non-hydrogen) atoms. The van der Waals surface area contributed by atoms with E-state index in [1.807, 2.05) is 4.90 Å². The fourth-order valence-electron chi connectivity index (χ4n) is 6.48. The number of primary amides is 1. The number of nitrogens with zero attached hydrogens (tertiary/aromatic N) is 1. The molecule has 2 amide bonds. The van der Waals surface area contributed by atoms with E-state index in [0.717, 1.165) is 32.1 Å². The van der Waals surface area contributed by atoms with E-state index in [9.17, 15) is 19.1 Å². The van der Waals surface area contributed by atoms with E-state index < -0.39 is 11.5 Å². The first kappa shape index (κ1) is 30.5. The predicted octanol–water partition coefficient (Wildman–Crippen LogP) is 4.12. The lowest BCUT2D eigenvalue weighted by Crippen LogP contribution is -2.48. The number of unbranched alkanes of at least 4 members (excludes halogenated alkanes) is 1. The second-order valence-corrected chi connectivity index (χ2v) is 11.5. The van der Waals surface area contributed by atoms with Crippen LogP contribution in [-0.4, -0.2) is 61.7 Å². The summed E-state index contributed by atoms with van der Waals surface area (Å²) in [5.41, 5.74) is 4.69. The topological polar surface area (TPSA) is 105 Å². The van der Waals surface area contributed by atoms with Crippen LogP contribution in [0, 0.1) is 23.6 Å². The number of benzene rings is 1. The Morgan fingerprint density at radius 2 is 2.00 bits per heavy atom. The van der Waals surface area contributed by atoms with E-state index in [0.29, 0.717) is 50.6 Å². The lowest BCUT2D eigenvalue weighted by Gasteiger charge is -2.43. The number of hydrogen-bond donors (Lipinski definition) is 3. The molecule has 1 aliphatic heterocycles. The quantitative estimate of drug-likeness (QED) is 0.294. The number of piperidine rings is 1. The highest BCUT2D eigenvalue weighted by Crippen LogP contribution is 2.40. The van der Waals surface area contributed by atoms with Crippen molar-refractivity contribution < 1.29 is 23.8 Å². The van der Waals surface area contributed by atoms with Crippen LogP contribution in [0.15, 0.2) is 24.3 Å². The lowest BCUT2D eigenvalue weighted by atomic mass is 9.74. The Labute approximate surface area is 227 Å². The fourth-order valence-corrected chi connectivity index (χ4v) is 6.48. The van der Waals surface area contributed by atoms with Gasteiger partial charge in [0, 0.05) is 39.1 Å². The number of ether oxygens (including phenoxy) is 1. The van der Waals surface area contributed by atoms with E-state index >= 15 is 0 Å². The zero-order valence-corrected chi connectivity index (χ0v) is 23.1. The van der Waals surface area contributed by atoms with Crippen molar-refractivity contribution in [2.24, 2.45) is 23.5 Å². The van der Waals surface area contributed by atoms with Crippen molar-refractivity contribution in [3.8, 4) is 0 Å². The SMILES string of the molecule is COCCCC[C@@](O)(c1cccc(F)c1)[C@@H]1CCCN(C(=O)C[C@H](CNCC(N)=O)CC2CCCCC2)C1. The molecule has 0 bridgehead atoms. The van der Waals surface area contributed by atoms with Gasteiger partial charge in [-0.15, -0.1) is 0 Å². The number of hydrogen-bond acceptors (Lipinski definition) is 5. The van der Waals surface area contributed by atoms with Gasteiger partial charge in [-0.1, -0.05) is 44.2 Å². The molecular weight excluding hydrogens is 485 g/mol. The molecule has 0 radical (unpaired) electrons. The Kier molecular flexibility index (Phi) is 12.5. The number of rotatable bonds is 15. The van der Waals surface area contributed by atoms with Crippen LogP contribution < -0.4 is 11.1 Å². The van der Waals surface area contributed by atoms with Crippen LogP contribution in [0.5, 0.6) is 0 Å². The Morgan fingerprint density at radius 3 is 2.71 bits per heavy atom. The molecule has 3 rings (SSSR count). The molecule has 7 nitrogen and oxygen atoms in total. The van der Waals surface area contributed by atoms with Crippen molar-refractivity contribution in [1.29, 1.82) is 0 Å². The molecule has 1 aliphatic carbocycles. The molecule has 0 spiro atoms. The van der Waals surface area contributed by atoms with Gasteiger partial charge in [0.25, 0.3) is 0 Å². The molecule has 4 N–H and O–H groups in total. The Balaban J connectivity index is 1.68. The molecule has 1 aromatic rings. The molecular formula is C30H48FN3O4. The summed E-state index contributed by atoms with van der Waals surface area (Å²) >= 11 is 0. The molecule has 1 saturated heterocycles. The number of methoxy groups -OCH3 is 1. The largest absolute Gasteiger partial charge is 0.385 e. The molecule has 1 saturated carbocycles. The van der Waals surface area contributed by atoms with Crippen LogP contribution >= 0.6 is 0 Å². The second kappa shape index (κ2) is 15.5. The maximum absolute atomic E-state index is 14.2. The zero-order chi connectivity index (χ0) is 27.4. The van der Waals surface area contributed by atoms with Gasteiger partial charge in [0.05, 0.1) is 12.1 Å². The molecule has 3 atom stereocenters. The second-order valence-electron chi connectivity index (χ2n) is 11.5. The van der Waals surface area contributed by atoms with Gasteiger partial charge >= 0.3 is 0 Å². The van der Waals surface area contributed by atoms with Crippen molar-refractivity contribution in [1.82, 2.24) is 10.2 Å².